The van der Waals surface area contributed by atoms with Crippen LogP contribution in [0.15, 0.2) is 24.3 Å². The molecule has 0 unspecified atom stereocenters. The Morgan fingerprint density at radius 2 is 1.95 bits per heavy atom. The first-order chi connectivity index (χ1) is 10.4. The highest BCUT2D eigenvalue weighted by molar-refractivity contribution is 7.12. The molecule has 0 radical (unpaired) electrons. The van der Waals surface area contributed by atoms with E-state index in [1.54, 1.807) is 0 Å². The van der Waals surface area contributed by atoms with Gasteiger partial charge in [0.25, 0.3) is 0 Å². The lowest BCUT2D eigenvalue weighted by Crippen LogP contribution is -2.30. The maximum atomic E-state index is 4.91. The molecule has 4 rings (SSSR count). The van der Waals surface area contributed by atoms with Crippen molar-refractivity contribution in [2.75, 3.05) is 19.6 Å². The van der Waals surface area contributed by atoms with E-state index in [0.717, 1.165) is 12.8 Å². The lowest BCUT2D eigenvalue weighted by atomic mass is 10.1. The highest BCUT2D eigenvalue weighted by Gasteiger charge is 2.22. The molecule has 110 valence electrons. The molecule has 1 aliphatic heterocycles. The molecule has 1 aromatic heterocycles. The number of rotatable bonds is 4. The van der Waals surface area contributed by atoms with Crippen LogP contribution in [0.5, 0.6) is 0 Å². The molecule has 0 N–H and O–H groups in total. The van der Waals surface area contributed by atoms with Gasteiger partial charge in [-0.3, -0.25) is 0 Å². The van der Waals surface area contributed by atoms with Gasteiger partial charge < -0.3 is 4.90 Å². The van der Waals surface area contributed by atoms with Crippen molar-refractivity contribution in [3.8, 4) is 11.3 Å². The van der Waals surface area contributed by atoms with Crippen LogP contribution in [0.2, 0.25) is 0 Å². The molecular formula is C18H22N2S. The summed E-state index contributed by atoms with van der Waals surface area (Å²) in [7, 11) is 0. The fourth-order valence-corrected chi connectivity index (χ4v) is 4.70. The summed E-state index contributed by atoms with van der Waals surface area (Å²) in [6.07, 6.45) is 7.71. The maximum absolute atomic E-state index is 4.91. The highest BCUT2D eigenvalue weighted by Crippen LogP contribution is 2.39. The van der Waals surface area contributed by atoms with Crippen LogP contribution in [-0.2, 0) is 12.8 Å². The fraction of sp³-hybridized carbons (Fsp3) is 0.500. The van der Waals surface area contributed by atoms with Gasteiger partial charge in [0.15, 0.2) is 0 Å². The quantitative estimate of drug-likeness (QED) is 0.720. The standard InChI is InChI=1S/C18H22N2S/c1-4-10-20(11-5-1)12-6-9-17-19-18-15-8-3-2-7-14(15)13-16(18)21-17/h2-3,7-8H,1,4-6,9-13H2. The molecule has 2 heterocycles. The molecule has 0 spiro atoms. The zero-order valence-corrected chi connectivity index (χ0v) is 13.3. The summed E-state index contributed by atoms with van der Waals surface area (Å²) in [5, 5.41) is 1.34. The summed E-state index contributed by atoms with van der Waals surface area (Å²) in [5.41, 5.74) is 4.08. The number of nitrogens with zero attached hydrogens (tertiary/aromatic N) is 2. The zero-order valence-electron chi connectivity index (χ0n) is 12.5. The smallest absolute Gasteiger partial charge is 0.0936 e. The van der Waals surface area contributed by atoms with Gasteiger partial charge in [-0.05, 0) is 44.5 Å². The second-order valence-electron chi connectivity index (χ2n) is 6.22. The van der Waals surface area contributed by atoms with Gasteiger partial charge in [0.2, 0.25) is 0 Å². The number of hydrogen-bond donors (Lipinski definition) is 0. The van der Waals surface area contributed by atoms with Crippen molar-refractivity contribution in [3.05, 3.63) is 39.7 Å². The summed E-state index contributed by atoms with van der Waals surface area (Å²) in [6.45, 7) is 3.87. The highest BCUT2D eigenvalue weighted by atomic mass is 32.1. The van der Waals surface area contributed by atoms with Crippen LogP contribution in [-0.4, -0.2) is 29.5 Å². The third kappa shape index (κ3) is 2.77. The van der Waals surface area contributed by atoms with E-state index in [-0.39, 0.29) is 0 Å². The van der Waals surface area contributed by atoms with E-state index in [4.69, 9.17) is 4.98 Å². The zero-order chi connectivity index (χ0) is 14.1. The summed E-state index contributed by atoms with van der Waals surface area (Å²) >= 11 is 1.94. The van der Waals surface area contributed by atoms with Gasteiger partial charge >= 0.3 is 0 Å². The SMILES string of the molecule is c1ccc2c(c1)Cc1sc(CCCN3CCCCC3)nc1-2. The lowest BCUT2D eigenvalue weighted by molar-refractivity contribution is 0.226. The van der Waals surface area contributed by atoms with Crippen molar-refractivity contribution in [1.82, 2.24) is 9.88 Å². The molecule has 0 atom stereocenters. The topological polar surface area (TPSA) is 16.1 Å². The molecule has 21 heavy (non-hydrogen) atoms. The number of hydrogen-bond acceptors (Lipinski definition) is 3. The second kappa shape index (κ2) is 5.90. The van der Waals surface area contributed by atoms with Crippen molar-refractivity contribution >= 4 is 11.3 Å². The van der Waals surface area contributed by atoms with Crippen LogP contribution in [0.3, 0.4) is 0 Å². The van der Waals surface area contributed by atoms with E-state index in [0.29, 0.717) is 0 Å². The number of aryl methyl sites for hydroxylation is 1. The first kappa shape index (κ1) is 13.5. The van der Waals surface area contributed by atoms with E-state index in [1.165, 1.54) is 72.0 Å². The van der Waals surface area contributed by atoms with E-state index >= 15 is 0 Å². The first-order valence-electron chi connectivity index (χ1n) is 8.19. The number of thiazole rings is 1. The lowest BCUT2D eigenvalue weighted by Gasteiger charge is -2.26. The van der Waals surface area contributed by atoms with Gasteiger partial charge in [-0.1, -0.05) is 30.7 Å². The Hall–Kier alpha value is -1.19. The summed E-state index contributed by atoms with van der Waals surface area (Å²) < 4.78 is 0. The third-order valence-corrected chi connectivity index (χ3v) is 5.79. The average Bonchev–Trinajstić information content (AvgIpc) is 3.05. The van der Waals surface area contributed by atoms with Crippen LogP contribution in [0, 0.1) is 0 Å². The van der Waals surface area contributed by atoms with E-state index in [1.807, 2.05) is 11.3 Å². The molecule has 0 amide bonds. The molecule has 1 aromatic carbocycles. The van der Waals surface area contributed by atoms with Gasteiger partial charge in [0.1, 0.15) is 0 Å². The van der Waals surface area contributed by atoms with Crippen LogP contribution < -0.4 is 0 Å². The molecule has 1 saturated heterocycles. The van der Waals surface area contributed by atoms with Gasteiger partial charge in [-0.15, -0.1) is 11.3 Å². The second-order valence-corrected chi connectivity index (χ2v) is 7.39. The minimum Gasteiger partial charge on any atom is -0.303 e. The Morgan fingerprint density at radius 1 is 1.10 bits per heavy atom. The molecule has 2 aromatic rings. The van der Waals surface area contributed by atoms with Gasteiger partial charge in [0, 0.05) is 23.3 Å². The maximum Gasteiger partial charge on any atom is 0.0936 e. The number of piperidine rings is 1. The van der Waals surface area contributed by atoms with Gasteiger partial charge in [-0.2, -0.15) is 0 Å². The fourth-order valence-electron chi connectivity index (χ4n) is 3.55. The van der Waals surface area contributed by atoms with Crippen LogP contribution in [0.4, 0.5) is 0 Å². The summed E-state index contributed by atoms with van der Waals surface area (Å²) in [5.74, 6) is 0. The molecular weight excluding hydrogens is 276 g/mol. The van der Waals surface area contributed by atoms with Gasteiger partial charge in [-0.25, -0.2) is 4.98 Å². The number of fused-ring (bicyclic) bond motifs is 3. The van der Waals surface area contributed by atoms with Crippen molar-refractivity contribution < 1.29 is 0 Å². The molecule has 3 heteroatoms. The normalized spacial score (nSPS) is 17.7. The largest absolute Gasteiger partial charge is 0.303 e. The Kier molecular flexibility index (Phi) is 3.78. The van der Waals surface area contributed by atoms with E-state index < -0.39 is 0 Å². The van der Waals surface area contributed by atoms with E-state index in [9.17, 15) is 0 Å². The van der Waals surface area contributed by atoms with Crippen LogP contribution in [0.25, 0.3) is 11.3 Å². The monoisotopic (exact) mass is 298 g/mol. The molecule has 2 aliphatic rings. The molecule has 2 nitrogen and oxygen atoms in total. The Labute approximate surface area is 130 Å². The van der Waals surface area contributed by atoms with Crippen molar-refractivity contribution in [3.63, 3.8) is 0 Å². The number of benzene rings is 1. The molecule has 0 saturated carbocycles. The average molecular weight is 298 g/mol. The number of aromatic nitrogens is 1. The van der Waals surface area contributed by atoms with Gasteiger partial charge in [0.05, 0.1) is 10.7 Å². The van der Waals surface area contributed by atoms with Crippen molar-refractivity contribution in [2.45, 2.75) is 38.5 Å². The van der Waals surface area contributed by atoms with Crippen LogP contribution >= 0.6 is 11.3 Å². The molecule has 1 aliphatic carbocycles. The Bertz CT molecular complexity index is 626. The summed E-state index contributed by atoms with van der Waals surface area (Å²) in [4.78, 5) is 9.02. The predicted octanol–water partition coefficient (Wildman–Crippen LogP) is 4.13. The van der Waals surface area contributed by atoms with Crippen molar-refractivity contribution in [2.24, 2.45) is 0 Å². The predicted molar refractivity (Wildman–Crippen MR) is 89.0 cm³/mol. The summed E-state index contributed by atoms with van der Waals surface area (Å²) in [6, 6.07) is 8.72. The minimum atomic E-state index is 1.09. The third-order valence-electron chi connectivity index (χ3n) is 4.68. The Morgan fingerprint density at radius 3 is 2.86 bits per heavy atom. The first-order valence-corrected chi connectivity index (χ1v) is 9.01. The van der Waals surface area contributed by atoms with Crippen molar-refractivity contribution in [1.29, 1.82) is 0 Å². The minimum absolute atomic E-state index is 1.09. The Balaban J connectivity index is 1.38. The molecule has 0 bridgehead atoms. The number of likely N-dealkylation sites (tertiary alicyclic amines) is 1. The van der Waals surface area contributed by atoms with Crippen LogP contribution in [0.1, 0.15) is 41.1 Å². The molecule has 1 fully saturated rings. The van der Waals surface area contributed by atoms with E-state index in [2.05, 4.69) is 29.2 Å².